The molecule has 1 aromatic heterocycles. The number of unbranched alkanes of at least 4 members (excludes halogenated alkanes) is 3. The highest BCUT2D eigenvalue weighted by atomic mass is 16.5. The molecular weight excluding hydrogens is 346 g/mol. The van der Waals surface area contributed by atoms with Gasteiger partial charge in [0.05, 0.1) is 12.2 Å². The van der Waals surface area contributed by atoms with Crippen LogP contribution in [0.25, 0.3) is 11.1 Å². The van der Waals surface area contributed by atoms with Crippen molar-refractivity contribution < 1.29 is 9.53 Å². The number of H-pyrrole nitrogens is 1. The number of nitrogens with zero attached hydrogens (tertiary/aromatic N) is 1. The first-order valence-electron chi connectivity index (χ1n) is 8.91. The molecule has 0 radical (unpaired) electrons. The van der Waals surface area contributed by atoms with E-state index < -0.39 is 11.2 Å². The Morgan fingerprint density at radius 3 is 2.48 bits per heavy atom. The zero-order valence-corrected chi connectivity index (χ0v) is 15.5. The van der Waals surface area contributed by atoms with E-state index in [1.165, 1.54) is 4.57 Å². The maximum Gasteiger partial charge on any atom is 0.333 e. The minimum atomic E-state index is -0.422. The van der Waals surface area contributed by atoms with Gasteiger partial charge in [-0.15, -0.1) is 0 Å². The van der Waals surface area contributed by atoms with Gasteiger partial charge in [-0.05, 0) is 43.9 Å². The van der Waals surface area contributed by atoms with Crippen molar-refractivity contribution in [2.24, 2.45) is 0 Å². The van der Waals surface area contributed by atoms with E-state index in [1.54, 1.807) is 37.4 Å². The summed E-state index contributed by atoms with van der Waals surface area (Å²) in [5.74, 6) is -0.370. The van der Waals surface area contributed by atoms with E-state index in [0.29, 0.717) is 35.5 Å². The van der Waals surface area contributed by atoms with Crippen molar-refractivity contribution in [3.8, 4) is 11.1 Å². The lowest BCUT2D eigenvalue weighted by molar-refractivity contribution is -0.139. The number of benzene rings is 1. The molecule has 0 saturated heterocycles. The number of hydrogen-bond acceptors (Lipinski definition) is 5. The molecule has 3 N–H and O–H groups in total. The number of rotatable bonds is 9. The number of ether oxygens (including phenoxy) is 1. The highest BCUT2D eigenvalue weighted by Gasteiger charge is 2.07. The molecule has 1 heterocycles. The summed E-state index contributed by atoms with van der Waals surface area (Å²) in [5.41, 5.74) is 6.97. The lowest BCUT2D eigenvalue weighted by Crippen LogP contribution is -2.30. The normalized spacial score (nSPS) is 10.6. The number of carbonyl (C=O) groups is 1. The maximum absolute atomic E-state index is 12.1. The van der Waals surface area contributed by atoms with Gasteiger partial charge < -0.3 is 10.5 Å². The van der Waals surface area contributed by atoms with E-state index >= 15 is 0 Å². The van der Waals surface area contributed by atoms with Crippen LogP contribution in [-0.2, 0) is 16.1 Å². The van der Waals surface area contributed by atoms with Crippen molar-refractivity contribution in [1.29, 1.82) is 0 Å². The van der Waals surface area contributed by atoms with Crippen LogP contribution in [0.5, 0.6) is 0 Å². The van der Waals surface area contributed by atoms with E-state index in [0.717, 1.165) is 25.7 Å². The predicted octanol–water partition coefficient (Wildman–Crippen LogP) is 2.47. The van der Waals surface area contributed by atoms with Crippen LogP contribution >= 0.6 is 0 Å². The molecule has 0 bridgehead atoms. The van der Waals surface area contributed by atoms with Gasteiger partial charge in [0.25, 0.3) is 5.56 Å². The van der Waals surface area contributed by atoms with Gasteiger partial charge >= 0.3 is 11.7 Å². The first-order valence-corrected chi connectivity index (χ1v) is 8.91. The van der Waals surface area contributed by atoms with Crippen LogP contribution in [0.1, 0.15) is 32.6 Å². The summed E-state index contributed by atoms with van der Waals surface area (Å²) in [7, 11) is 0. The Balaban J connectivity index is 1.88. The summed E-state index contributed by atoms with van der Waals surface area (Å²) in [4.78, 5) is 37.7. The maximum atomic E-state index is 12.1. The van der Waals surface area contributed by atoms with Crippen LogP contribution in [0.3, 0.4) is 0 Å². The quantitative estimate of drug-likeness (QED) is 0.305. The number of aromatic nitrogens is 2. The molecular formula is C20H25N3O4. The van der Waals surface area contributed by atoms with Gasteiger partial charge in [-0.1, -0.05) is 25.1 Å². The molecule has 144 valence electrons. The second-order valence-electron chi connectivity index (χ2n) is 6.45. The fraction of sp³-hybridized carbons (Fsp3) is 0.350. The summed E-state index contributed by atoms with van der Waals surface area (Å²) >= 11 is 0. The fourth-order valence-electron chi connectivity index (χ4n) is 2.57. The number of nitrogen functional groups attached to an aromatic ring is 1. The molecule has 0 unspecified atom stereocenters. The molecule has 0 saturated carbocycles. The highest BCUT2D eigenvalue weighted by molar-refractivity contribution is 5.86. The number of aromatic amines is 1. The average molecular weight is 371 g/mol. The fourth-order valence-corrected chi connectivity index (χ4v) is 2.57. The molecule has 0 spiro atoms. The van der Waals surface area contributed by atoms with Crippen LogP contribution in [0.15, 0.2) is 52.2 Å². The monoisotopic (exact) mass is 371 g/mol. The van der Waals surface area contributed by atoms with Gasteiger partial charge in [-0.2, -0.15) is 0 Å². The van der Waals surface area contributed by atoms with Crippen LogP contribution in [0, 0.1) is 0 Å². The number of esters is 1. The Morgan fingerprint density at radius 1 is 1.15 bits per heavy atom. The first-order chi connectivity index (χ1) is 12.9. The lowest BCUT2D eigenvalue weighted by atomic mass is 10.1. The lowest BCUT2D eigenvalue weighted by Gasteiger charge is -2.08. The minimum absolute atomic E-state index is 0.367. The Morgan fingerprint density at radius 2 is 1.81 bits per heavy atom. The Bertz CT molecular complexity index is 910. The van der Waals surface area contributed by atoms with Crippen molar-refractivity contribution >= 4 is 11.7 Å². The van der Waals surface area contributed by atoms with Crippen LogP contribution in [0.4, 0.5) is 5.69 Å². The number of hydrogen-bond donors (Lipinski definition) is 2. The highest BCUT2D eigenvalue weighted by Crippen LogP contribution is 2.16. The van der Waals surface area contributed by atoms with Gasteiger partial charge in [-0.25, -0.2) is 9.59 Å². The third kappa shape index (κ3) is 5.99. The molecule has 7 heteroatoms. The standard InChI is InChI=1S/C20H25N3O4/c1-14(2)19(25)27-12-6-4-3-5-11-23-13-17(18(24)22-20(23)26)15-7-9-16(21)10-8-15/h7-10,13H,1,3-6,11-12,21H2,2H3,(H,22,24,26). The summed E-state index contributed by atoms with van der Waals surface area (Å²) in [6.45, 7) is 6.01. The zero-order valence-electron chi connectivity index (χ0n) is 15.5. The topological polar surface area (TPSA) is 107 Å². The number of carbonyl (C=O) groups excluding carboxylic acids is 1. The van der Waals surface area contributed by atoms with E-state index in [1.807, 2.05) is 0 Å². The second-order valence-corrected chi connectivity index (χ2v) is 6.45. The van der Waals surface area contributed by atoms with Crippen molar-refractivity contribution in [2.45, 2.75) is 39.2 Å². The van der Waals surface area contributed by atoms with E-state index in [4.69, 9.17) is 10.5 Å². The van der Waals surface area contributed by atoms with Crippen molar-refractivity contribution in [2.75, 3.05) is 12.3 Å². The largest absolute Gasteiger partial charge is 0.462 e. The van der Waals surface area contributed by atoms with Gasteiger partial charge in [-0.3, -0.25) is 14.3 Å². The molecule has 7 nitrogen and oxygen atoms in total. The van der Waals surface area contributed by atoms with Crippen molar-refractivity contribution in [1.82, 2.24) is 9.55 Å². The minimum Gasteiger partial charge on any atom is -0.462 e. The molecule has 2 rings (SSSR count). The van der Waals surface area contributed by atoms with E-state index in [9.17, 15) is 14.4 Å². The van der Waals surface area contributed by atoms with E-state index in [-0.39, 0.29) is 5.97 Å². The Kier molecular flexibility index (Phi) is 7.16. The number of anilines is 1. The predicted molar refractivity (Wildman–Crippen MR) is 105 cm³/mol. The molecule has 0 aliphatic heterocycles. The smallest absolute Gasteiger partial charge is 0.333 e. The third-order valence-electron chi connectivity index (χ3n) is 4.11. The summed E-state index contributed by atoms with van der Waals surface area (Å²) in [6.07, 6.45) is 4.89. The van der Waals surface area contributed by atoms with Gasteiger partial charge in [0.2, 0.25) is 0 Å². The van der Waals surface area contributed by atoms with E-state index in [2.05, 4.69) is 11.6 Å². The number of nitrogens with two attached hydrogens (primary N) is 1. The van der Waals surface area contributed by atoms with Crippen LogP contribution in [-0.4, -0.2) is 22.1 Å². The molecule has 1 aromatic carbocycles. The van der Waals surface area contributed by atoms with Gasteiger partial charge in [0.1, 0.15) is 0 Å². The molecule has 0 aliphatic rings. The first kappa shape index (κ1) is 20.2. The Labute approximate surface area is 157 Å². The Hall–Kier alpha value is -3.09. The third-order valence-corrected chi connectivity index (χ3v) is 4.11. The molecule has 0 amide bonds. The summed E-state index contributed by atoms with van der Waals surface area (Å²) in [6, 6.07) is 6.93. The van der Waals surface area contributed by atoms with Crippen molar-refractivity contribution in [3.63, 3.8) is 0 Å². The summed E-state index contributed by atoms with van der Waals surface area (Å²) < 4.78 is 6.54. The molecule has 2 aromatic rings. The van der Waals surface area contributed by atoms with Gasteiger partial charge in [0.15, 0.2) is 0 Å². The molecule has 0 aliphatic carbocycles. The van der Waals surface area contributed by atoms with Gasteiger partial charge in [0, 0.05) is 24.0 Å². The molecule has 0 atom stereocenters. The second kappa shape index (κ2) is 9.56. The van der Waals surface area contributed by atoms with Crippen LogP contribution in [0.2, 0.25) is 0 Å². The van der Waals surface area contributed by atoms with Crippen LogP contribution < -0.4 is 17.0 Å². The number of nitrogens with one attached hydrogen (secondary N) is 1. The summed E-state index contributed by atoms with van der Waals surface area (Å²) in [5, 5.41) is 0. The molecule has 27 heavy (non-hydrogen) atoms. The SMILES string of the molecule is C=C(C)C(=O)OCCCCCCn1cc(-c2ccc(N)cc2)c(=O)[nH]c1=O. The zero-order chi connectivity index (χ0) is 19.8. The molecule has 0 fully saturated rings. The number of aryl methyl sites for hydroxylation is 1. The van der Waals surface area contributed by atoms with Crippen molar-refractivity contribution in [3.05, 3.63) is 63.5 Å². The average Bonchev–Trinajstić information content (AvgIpc) is 2.63.